The van der Waals surface area contributed by atoms with Crippen LogP contribution in [0.4, 0.5) is 4.39 Å². The van der Waals surface area contributed by atoms with Gasteiger partial charge in [-0.25, -0.2) is 22.6 Å². The first kappa shape index (κ1) is 22.4. The van der Waals surface area contributed by atoms with E-state index in [1.165, 1.54) is 18.2 Å². The molecule has 0 bridgehead atoms. The first-order valence-corrected chi connectivity index (χ1v) is 8.28. The number of hydrogen-bond acceptors (Lipinski definition) is 2. The molecule has 0 aliphatic rings. The largest absolute Gasteiger partial charge is 2.00 e. The van der Waals surface area contributed by atoms with Crippen molar-refractivity contribution in [1.82, 2.24) is 10.6 Å². The van der Waals surface area contributed by atoms with E-state index < -0.39 is 17.8 Å². The molecule has 1 atom stereocenters. The minimum absolute atomic E-state index is 0. The van der Waals surface area contributed by atoms with Gasteiger partial charge >= 0.3 is 17.1 Å². The average Bonchev–Trinajstić information content (AvgIpc) is 3.36. The Morgan fingerprint density at radius 1 is 1.04 bits per heavy atom. The van der Waals surface area contributed by atoms with Crippen molar-refractivity contribution < 1.29 is 31.0 Å². The maximum absolute atomic E-state index is 13.5. The number of hydrogen-bond donors (Lipinski definition) is 2. The number of carbonyl (C=O) groups is 2. The summed E-state index contributed by atoms with van der Waals surface area (Å²) in [6.45, 7) is 1.95. The number of halogens is 1. The predicted octanol–water partition coefficient (Wildman–Crippen LogP) is 3.38. The van der Waals surface area contributed by atoms with Gasteiger partial charge in [0.15, 0.2) is 0 Å². The summed E-state index contributed by atoms with van der Waals surface area (Å²) in [5, 5.41) is 5.18. The molecular weight excluding hydrogens is 387 g/mol. The molecule has 4 nitrogen and oxygen atoms in total. The average molecular weight is 408 g/mol. The summed E-state index contributed by atoms with van der Waals surface area (Å²) < 4.78 is 13.5. The smallest absolute Gasteiger partial charge is 0.362 e. The Labute approximate surface area is 169 Å². The Morgan fingerprint density at radius 3 is 2.30 bits per heavy atom. The molecule has 0 fully saturated rings. The van der Waals surface area contributed by atoms with E-state index in [9.17, 15) is 14.0 Å². The standard InChI is InChI=1S/C16H16FN2O2.C5H5.Fe/c1-11(15(20)18-10-12-6-2-3-7-12)19-16(21)13-8-4-5-9-14(13)17;1-2-4-5-3-1;/h2-9,11H,10H2,1H3,(H,18,20)(H,19,21);1-5H;/q2*-1;+2. The van der Waals surface area contributed by atoms with Crippen LogP contribution in [0.15, 0.2) is 78.9 Å². The molecule has 0 aliphatic carbocycles. The van der Waals surface area contributed by atoms with E-state index in [0.717, 1.165) is 5.56 Å². The Balaban J connectivity index is 0.000000526. The van der Waals surface area contributed by atoms with Crippen LogP contribution < -0.4 is 10.6 Å². The summed E-state index contributed by atoms with van der Waals surface area (Å²) in [4.78, 5) is 23.8. The van der Waals surface area contributed by atoms with E-state index in [-0.39, 0.29) is 28.5 Å². The molecule has 3 aromatic rings. The van der Waals surface area contributed by atoms with Gasteiger partial charge in [0.2, 0.25) is 5.91 Å². The van der Waals surface area contributed by atoms with Gasteiger partial charge < -0.3 is 10.6 Å². The first-order chi connectivity index (χ1) is 12.6. The molecule has 2 N–H and O–H groups in total. The second-order valence-corrected chi connectivity index (χ2v) is 5.65. The molecule has 3 rings (SSSR count). The van der Waals surface area contributed by atoms with Crippen molar-refractivity contribution in [2.45, 2.75) is 19.5 Å². The molecule has 1 unspecified atom stereocenters. The molecule has 0 aromatic heterocycles. The molecular formula is C21H21FFeN2O2. The molecule has 0 aliphatic heterocycles. The van der Waals surface area contributed by atoms with Crippen LogP contribution in [0.1, 0.15) is 22.8 Å². The van der Waals surface area contributed by atoms with Crippen LogP contribution >= 0.6 is 0 Å². The summed E-state index contributed by atoms with van der Waals surface area (Å²) in [5.41, 5.74) is 0.907. The zero-order valence-electron chi connectivity index (χ0n) is 14.8. The second kappa shape index (κ2) is 11.8. The first-order valence-electron chi connectivity index (χ1n) is 8.28. The van der Waals surface area contributed by atoms with Crippen LogP contribution in [0.25, 0.3) is 0 Å². The molecule has 0 spiro atoms. The van der Waals surface area contributed by atoms with E-state index in [1.807, 2.05) is 54.6 Å². The zero-order valence-corrected chi connectivity index (χ0v) is 15.9. The van der Waals surface area contributed by atoms with Crippen LogP contribution in [0.3, 0.4) is 0 Å². The normalized spacial score (nSPS) is 10.6. The molecule has 0 heterocycles. The van der Waals surface area contributed by atoms with Gasteiger partial charge in [0, 0.05) is 0 Å². The van der Waals surface area contributed by atoms with Gasteiger partial charge in [-0.3, -0.25) is 9.59 Å². The van der Waals surface area contributed by atoms with Gasteiger partial charge in [0.25, 0.3) is 5.91 Å². The summed E-state index contributed by atoms with van der Waals surface area (Å²) in [7, 11) is 0. The Kier molecular flexibility index (Phi) is 9.80. The number of amides is 2. The summed E-state index contributed by atoms with van der Waals surface area (Å²) >= 11 is 0. The molecule has 6 heteroatoms. The molecule has 0 saturated heterocycles. The Morgan fingerprint density at radius 2 is 1.74 bits per heavy atom. The molecule has 0 radical (unpaired) electrons. The molecule has 2 amide bonds. The molecule has 3 aromatic carbocycles. The van der Waals surface area contributed by atoms with Crippen molar-refractivity contribution >= 4 is 11.8 Å². The Bertz CT molecular complexity index is 784. The number of rotatable bonds is 5. The molecule has 0 saturated carbocycles. The van der Waals surface area contributed by atoms with Crippen molar-refractivity contribution in [2.75, 3.05) is 0 Å². The second-order valence-electron chi connectivity index (χ2n) is 5.65. The molecule has 142 valence electrons. The van der Waals surface area contributed by atoms with Gasteiger partial charge in [-0.05, 0) is 25.6 Å². The molecule has 27 heavy (non-hydrogen) atoms. The predicted molar refractivity (Wildman–Crippen MR) is 99.2 cm³/mol. The monoisotopic (exact) mass is 408 g/mol. The number of carbonyl (C=O) groups excluding carboxylic acids is 2. The number of nitrogens with one attached hydrogen (secondary N) is 2. The summed E-state index contributed by atoms with van der Waals surface area (Å²) in [6, 6.07) is 22.4. The van der Waals surface area contributed by atoms with Crippen molar-refractivity contribution in [3.63, 3.8) is 0 Å². The third-order valence-corrected chi connectivity index (χ3v) is 3.61. The van der Waals surface area contributed by atoms with Crippen LogP contribution in [0, 0.1) is 5.82 Å². The van der Waals surface area contributed by atoms with E-state index in [4.69, 9.17) is 0 Å². The maximum atomic E-state index is 13.5. The van der Waals surface area contributed by atoms with Crippen LogP contribution in [0.2, 0.25) is 0 Å². The topological polar surface area (TPSA) is 58.2 Å². The summed E-state index contributed by atoms with van der Waals surface area (Å²) in [6.07, 6.45) is 0. The van der Waals surface area contributed by atoms with E-state index >= 15 is 0 Å². The van der Waals surface area contributed by atoms with Crippen molar-refractivity contribution in [1.29, 1.82) is 0 Å². The van der Waals surface area contributed by atoms with Crippen LogP contribution in [0.5, 0.6) is 0 Å². The minimum atomic E-state index is -0.743. The number of benzene rings is 1. The fourth-order valence-corrected chi connectivity index (χ4v) is 2.18. The third-order valence-electron chi connectivity index (χ3n) is 3.61. The SMILES string of the molecule is CC(NC(=O)c1ccccc1F)C(=O)NCc1cc[cH-]c1.[Fe+2].c1cc[cH-]c1. The fraction of sp³-hybridized carbons (Fsp3) is 0.143. The maximum Gasteiger partial charge on any atom is 2.00 e. The van der Waals surface area contributed by atoms with Gasteiger partial charge in [-0.15, -0.1) is 0 Å². The third kappa shape index (κ3) is 7.60. The summed E-state index contributed by atoms with van der Waals surface area (Å²) in [5.74, 6) is -1.54. The van der Waals surface area contributed by atoms with E-state index in [0.29, 0.717) is 6.54 Å². The van der Waals surface area contributed by atoms with Crippen LogP contribution in [-0.4, -0.2) is 17.9 Å². The zero-order chi connectivity index (χ0) is 18.8. The van der Waals surface area contributed by atoms with E-state index in [2.05, 4.69) is 10.6 Å². The van der Waals surface area contributed by atoms with Gasteiger partial charge in [-0.2, -0.15) is 42.0 Å². The van der Waals surface area contributed by atoms with Crippen LogP contribution in [-0.2, 0) is 28.4 Å². The van der Waals surface area contributed by atoms with Gasteiger partial charge in [0.05, 0.1) is 5.56 Å². The van der Waals surface area contributed by atoms with Crippen molar-refractivity contribution in [2.24, 2.45) is 0 Å². The quantitative estimate of drug-likeness (QED) is 0.503. The van der Waals surface area contributed by atoms with Crippen molar-refractivity contribution in [3.05, 3.63) is 95.8 Å². The Hall–Kier alpha value is -2.69. The van der Waals surface area contributed by atoms with Crippen molar-refractivity contribution in [3.8, 4) is 0 Å². The van der Waals surface area contributed by atoms with Gasteiger partial charge in [0.1, 0.15) is 11.9 Å². The minimum Gasteiger partial charge on any atom is -0.362 e. The van der Waals surface area contributed by atoms with Gasteiger partial charge in [-0.1, -0.05) is 12.1 Å². The fourth-order valence-electron chi connectivity index (χ4n) is 2.18. The van der Waals surface area contributed by atoms with E-state index in [1.54, 1.807) is 13.0 Å².